The van der Waals surface area contributed by atoms with E-state index in [2.05, 4.69) is 28.5 Å². The second kappa shape index (κ2) is 6.25. The molecule has 1 amide bonds. The van der Waals surface area contributed by atoms with E-state index in [0.29, 0.717) is 10.9 Å². The highest BCUT2D eigenvalue weighted by Gasteiger charge is 2.16. The first kappa shape index (κ1) is 14.1. The molecule has 0 aromatic carbocycles. The van der Waals surface area contributed by atoms with Gasteiger partial charge in [-0.25, -0.2) is 4.98 Å². The molecule has 0 saturated carbocycles. The van der Waals surface area contributed by atoms with E-state index in [-0.39, 0.29) is 11.9 Å². The van der Waals surface area contributed by atoms with E-state index in [1.54, 1.807) is 11.3 Å². The van der Waals surface area contributed by atoms with E-state index in [4.69, 9.17) is 0 Å². The first-order valence-electron chi connectivity index (χ1n) is 6.23. The largest absolute Gasteiger partial charge is 0.343 e. The summed E-state index contributed by atoms with van der Waals surface area (Å²) >= 11 is 2.80. The van der Waals surface area contributed by atoms with Gasteiger partial charge in [-0.15, -0.1) is 11.3 Å². The first-order chi connectivity index (χ1) is 9.06. The van der Waals surface area contributed by atoms with E-state index in [0.717, 1.165) is 17.1 Å². The number of amides is 1. The maximum Gasteiger partial charge on any atom is 0.282 e. The second-order valence-electron chi connectivity index (χ2n) is 4.82. The smallest absolute Gasteiger partial charge is 0.282 e. The van der Waals surface area contributed by atoms with Crippen LogP contribution in [0.5, 0.6) is 0 Å². The van der Waals surface area contributed by atoms with Gasteiger partial charge in [0.15, 0.2) is 0 Å². The van der Waals surface area contributed by atoms with Gasteiger partial charge in [-0.2, -0.15) is 4.37 Å². The van der Waals surface area contributed by atoms with Crippen LogP contribution in [0.2, 0.25) is 0 Å². The lowest BCUT2D eigenvalue weighted by Gasteiger charge is -2.10. The van der Waals surface area contributed by atoms with Crippen molar-refractivity contribution >= 4 is 28.8 Å². The summed E-state index contributed by atoms with van der Waals surface area (Å²) in [5.74, 6) is 1.11. The monoisotopic (exact) mass is 295 g/mol. The number of rotatable bonds is 5. The Labute approximate surface area is 121 Å². The standard InChI is InChI=1S/C13H17N3OS2/c1-8(2)7-11-15-13(19-16-11)12(17)14-9(3)10-5-4-6-18-10/h4-6,8-9H,7H2,1-3H3,(H,14,17)/t9-/m1/s1. The minimum atomic E-state index is -0.145. The fraction of sp³-hybridized carbons (Fsp3) is 0.462. The van der Waals surface area contributed by atoms with Crippen LogP contribution in [-0.4, -0.2) is 15.3 Å². The van der Waals surface area contributed by atoms with Crippen molar-refractivity contribution in [2.24, 2.45) is 5.92 Å². The quantitative estimate of drug-likeness (QED) is 0.921. The minimum Gasteiger partial charge on any atom is -0.343 e. The average molecular weight is 295 g/mol. The molecule has 0 spiro atoms. The lowest BCUT2D eigenvalue weighted by atomic mass is 10.1. The minimum absolute atomic E-state index is 0.00458. The highest BCUT2D eigenvalue weighted by Crippen LogP contribution is 2.19. The molecule has 2 aromatic heterocycles. The fourth-order valence-electron chi connectivity index (χ4n) is 1.66. The van der Waals surface area contributed by atoms with Crippen molar-refractivity contribution in [3.8, 4) is 0 Å². The zero-order valence-corrected chi connectivity index (χ0v) is 12.8. The first-order valence-corrected chi connectivity index (χ1v) is 7.88. The number of hydrogen-bond acceptors (Lipinski definition) is 5. The molecule has 0 saturated heterocycles. The number of aromatic nitrogens is 2. The van der Waals surface area contributed by atoms with E-state index >= 15 is 0 Å². The number of carbonyl (C=O) groups excluding carboxylic acids is 1. The van der Waals surface area contributed by atoms with Crippen molar-refractivity contribution in [3.63, 3.8) is 0 Å². The fourth-order valence-corrected chi connectivity index (χ4v) is 2.99. The van der Waals surface area contributed by atoms with Crippen LogP contribution in [0, 0.1) is 5.92 Å². The van der Waals surface area contributed by atoms with Crippen molar-refractivity contribution in [1.29, 1.82) is 0 Å². The average Bonchev–Trinajstić information content (AvgIpc) is 2.97. The summed E-state index contributed by atoms with van der Waals surface area (Å²) in [5.41, 5.74) is 0. The normalized spacial score (nSPS) is 12.6. The van der Waals surface area contributed by atoms with Crippen LogP contribution in [0.25, 0.3) is 0 Å². The van der Waals surface area contributed by atoms with Gasteiger partial charge >= 0.3 is 0 Å². The summed E-state index contributed by atoms with van der Waals surface area (Å²) in [4.78, 5) is 17.5. The third-order valence-electron chi connectivity index (χ3n) is 2.57. The number of nitrogens with zero attached hydrogens (tertiary/aromatic N) is 2. The Morgan fingerprint density at radius 2 is 2.21 bits per heavy atom. The molecule has 0 aliphatic rings. The van der Waals surface area contributed by atoms with Gasteiger partial charge in [-0.05, 0) is 35.8 Å². The zero-order chi connectivity index (χ0) is 13.8. The molecule has 4 nitrogen and oxygen atoms in total. The summed E-state index contributed by atoms with van der Waals surface area (Å²) in [6, 6.07) is 4.00. The zero-order valence-electron chi connectivity index (χ0n) is 11.2. The Kier molecular flexibility index (Phi) is 4.66. The molecular weight excluding hydrogens is 278 g/mol. The van der Waals surface area contributed by atoms with Gasteiger partial charge in [0.1, 0.15) is 5.82 Å². The third-order valence-corrected chi connectivity index (χ3v) is 4.38. The summed E-state index contributed by atoms with van der Waals surface area (Å²) < 4.78 is 4.22. The SMILES string of the molecule is CC(C)Cc1nsc(C(=O)N[C@H](C)c2cccs2)n1. The maximum atomic E-state index is 12.1. The molecule has 2 rings (SSSR count). The molecule has 1 N–H and O–H groups in total. The van der Waals surface area contributed by atoms with Crippen LogP contribution < -0.4 is 5.32 Å². The van der Waals surface area contributed by atoms with Crippen LogP contribution in [0.1, 0.15) is 47.3 Å². The van der Waals surface area contributed by atoms with Crippen molar-refractivity contribution in [1.82, 2.24) is 14.7 Å². The molecule has 0 radical (unpaired) electrons. The molecule has 2 aromatic rings. The maximum absolute atomic E-state index is 12.1. The molecule has 19 heavy (non-hydrogen) atoms. The number of carbonyl (C=O) groups is 1. The van der Waals surface area contributed by atoms with Crippen molar-refractivity contribution in [2.45, 2.75) is 33.2 Å². The van der Waals surface area contributed by atoms with E-state index in [9.17, 15) is 4.79 Å². The molecule has 1 atom stereocenters. The lowest BCUT2D eigenvalue weighted by Crippen LogP contribution is -2.26. The molecule has 0 fully saturated rings. The van der Waals surface area contributed by atoms with Crippen molar-refractivity contribution in [2.75, 3.05) is 0 Å². The van der Waals surface area contributed by atoms with Crippen LogP contribution in [0.3, 0.4) is 0 Å². The Bertz CT molecular complexity index is 534. The van der Waals surface area contributed by atoms with Gasteiger partial charge < -0.3 is 5.32 Å². The molecule has 102 valence electrons. The van der Waals surface area contributed by atoms with Crippen LogP contribution in [-0.2, 0) is 6.42 Å². The molecular formula is C13H17N3OS2. The van der Waals surface area contributed by atoms with Crippen molar-refractivity contribution in [3.05, 3.63) is 33.2 Å². The molecule has 0 bridgehead atoms. The van der Waals surface area contributed by atoms with Crippen LogP contribution in [0.4, 0.5) is 0 Å². The Hall–Kier alpha value is -1.27. The molecule has 0 unspecified atom stereocenters. The van der Waals surface area contributed by atoms with E-state index < -0.39 is 0 Å². The van der Waals surface area contributed by atoms with Gasteiger partial charge in [0.05, 0.1) is 6.04 Å². The lowest BCUT2D eigenvalue weighted by molar-refractivity contribution is 0.0940. The Morgan fingerprint density at radius 1 is 1.42 bits per heavy atom. The Morgan fingerprint density at radius 3 is 2.84 bits per heavy atom. The summed E-state index contributed by atoms with van der Waals surface area (Å²) in [6.07, 6.45) is 0.810. The summed E-state index contributed by atoms with van der Waals surface area (Å²) in [5, 5.41) is 5.39. The Balaban J connectivity index is 1.98. The summed E-state index contributed by atoms with van der Waals surface area (Å²) in [7, 11) is 0. The van der Waals surface area contributed by atoms with Crippen LogP contribution in [0.15, 0.2) is 17.5 Å². The highest BCUT2D eigenvalue weighted by atomic mass is 32.1. The summed E-state index contributed by atoms with van der Waals surface area (Å²) in [6.45, 7) is 6.19. The van der Waals surface area contributed by atoms with Gasteiger partial charge in [0, 0.05) is 11.3 Å². The van der Waals surface area contributed by atoms with Gasteiger partial charge in [-0.1, -0.05) is 19.9 Å². The number of nitrogens with one attached hydrogen (secondary N) is 1. The van der Waals surface area contributed by atoms with E-state index in [1.807, 2.05) is 24.4 Å². The third kappa shape index (κ3) is 3.84. The highest BCUT2D eigenvalue weighted by molar-refractivity contribution is 7.10. The number of hydrogen-bond donors (Lipinski definition) is 1. The van der Waals surface area contributed by atoms with Crippen molar-refractivity contribution < 1.29 is 4.79 Å². The topological polar surface area (TPSA) is 54.9 Å². The molecule has 0 aliphatic carbocycles. The van der Waals surface area contributed by atoms with Crippen LogP contribution >= 0.6 is 22.9 Å². The predicted molar refractivity (Wildman–Crippen MR) is 78.7 cm³/mol. The van der Waals surface area contributed by atoms with Gasteiger partial charge in [-0.3, -0.25) is 4.79 Å². The number of thiophene rings is 1. The van der Waals surface area contributed by atoms with Gasteiger partial charge in [0.2, 0.25) is 5.01 Å². The predicted octanol–water partition coefficient (Wildman–Crippen LogP) is 3.29. The molecule has 6 heteroatoms. The van der Waals surface area contributed by atoms with Gasteiger partial charge in [0.25, 0.3) is 5.91 Å². The molecule has 0 aliphatic heterocycles. The second-order valence-corrected chi connectivity index (χ2v) is 6.56. The molecule has 2 heterocycles. The van der Waals surface area contributed by atoms with E-state index in [1.165, 1.54) is 11.5 Å².